The van der Waals surface area contributed by atoms with Crippen molar-refractivity contribution < 1.29 is 9.21 Å². The molecule has 1 aromatic carbocycles. The zero-order valence-corrected chi connectivity index (χ0v) is 12.6. The summed E-state index contributed by atoms with van der Waals surface area (Å²) in [4.78, 5) is 14.3. The quantitative estimate of drug-likeness (QED) is 0.674. The number of rotatable bonds is 8. The maximum atomic E-state index is 12.4. The largest absolute Gasteiger partial charge is 0.467 e. The van der Waals surface area contributed by atoms with Crippen LogP contribution in [-0.4, -0.2) is 10.8 Å². The number of unbranched alkanes of at least 4 members (excludes halogenated alkanes) is 2. The van der Waals surface area contributed by atoms with Crippen LogP contribution in [0.15, 0.2) is 53.1 Å². The van der Waals surface area contributed by atoms with E-state index in [0.717, 1.165) is 30.6 Å². The van der Waals surface area contributed by atoms with Crippen LogP contribution in [0.3, 0.4) is 0 Å². The first kappa shape index (κ1) is 15.4. The van der Waals surface area contributed by atoms with E-state index in [2.05, 4.69) is 19.1 Å². The Labute approximate surface area is 126 Å². The number of nitrogens with zero attached hydrogens (tertiary/aromatic N) is 1. The fraction of sp³-hybridized carbons (Fsp3) is 0.389. The highest BCUT2D eigenvalue weighted by Gasteiger charge is 2.15. The van der Waals surface area contributed by atoms with Crippen molar-refractivity contribution in [3.63, 3.8) is 0 Å². The highest BCUT2D eigenvalue weighted by atomic mass is 16.3. The molecule has 2 rings (SSSR count). The summed E-state index contributed by atoms with van der Waals surface area (Å²) >= 11 is 0. The molecular formula is C18H23NO2. The fourth-order valence-corrected chi connectivity index (χ4v) is 2.31. The summed E-state index contributed by atoms with van der Waals surface area (Å²) in [5.41, 5.74) is 1.15. The van der Waals surface area contributed by atoms with Crippen LogP contribution in [0.25, 0.3) is 0 Å². The summed E-state index contributed by atoms with van der Waals surface area (Å²) in [6, 6.07) is 13.9. The summed E-state index contributed by atoms with van der Waals surface area (Å²) in [5, 5.41) is 0. The predicted octanol–water partition coefficient (Wildman–Crippen LogP) is 4.39. The number of carbonyl (C=O) groups is 1. The van der Waals surface area contributed by atoms with Crippen LogP contribution in [0.2, 0.25) is 0 Å². The van der Waals surface area contributed by atoms with Crippen molar-refractivity contribution in [2.45, 2.75) is 45.7 Å². The van der Waals surface area contributed by atoms with Gasteiger partial charge in [0.05, 0.1) is 12.8 Å². The topological polar surface area (TPSA) is 33.5 Å². The van der Waals surface area contributed by atoms with E-state index in [1.54, 1.807) is 6.26 Å². The van der Waals surface area contributed by atoms with E-state index < -0.39 is 0 Å². The van der Waals surface area contributed by atoms with Crippen LogP contribution < -0.4 is 0 Å². The molecule has 1 aromatic heterocycles. The number of amides is 1. The zero-order valence-electron chi connectivity index (χ0n) is 12.6. The predicted molar refractivity (Wildman–Crippen MR) is 83.5 cm³/mol. The molecule has 3 nitrogen and oxygen atoms in total. The van der Waals surface area contributed by atoms with Crippen molar-refractivity contribution in [3.8, 4) is 0 Å². The SMILES string of the molecule is CCCCCC(=O)N(Cc1ccccc1)Cc1ccco1. The average Bonchev–Trinajstić information content (AvgIpc) is 3.01. The van der Waals surface area contributed by atoms with E-state index in [-0.39, 0.29) is 5.91 Å². The van der Waals surface area contributed by atoms with Gasteiger partial charge in [0.2, 0.25) is 5.91 Å². The Kier molecular flexibility index (Phi) is 6.07. The Hall–Kier alpha value is -2.03. The van der Waals surface area contributed by atoms with Crippen molar-refractivity contribution >= 4 is 5.91 Å². The van der Waals surface area contributed by atoms with Crippen molar-refractivity contribution in [1.29, 1.82) is 0 Å². The van der Waals surface area contributed by atoms with Gasteiger partial charge in [-0.2, -0.15) is 0 Å². The van der Waals surface area contributed by atoms with Gasteiger partial charge in [0.25, 0.3) is 0 Å². The number of benzene rings is 1. The Morgan fingerprint density at radius 2 is 1.86 bits per heavy atom. The molecule has 1 heterocycles. The first-order valence-electron chi connectivity index (χ1n) is 7.63. The van der Waals surface area contributed by atoms with Gasteiger partial charge >= 0.3 is 0 Å². The maximum absolute atomic E-state index is 12.4. The van der Waals surface area contributed by atoms with Gasteiger partial charge in [0, 0.05) is 13.0 Å². The molecule has 0 unspecified atom stereocenters. The zero-order chi connectivity index (χ0) is 14.9. The number of carbonyl (C=O) groups excluding carboxylic acids is 1. The standard InChI is InChI=1S/C18H23NO2/c1-2-3-5-12-18(20)19(15-17-11-8-13-21-17)14-16-9-6-4-7-10-16/h4,6-11,13H,2-3,5,12,14-15H2,1H3. The minimum absolute atomic E-state index is 0.198. The molecule has 0 fully saturated rings. The molecule has 0 bridgehead atoms. The van der Waals surface area contributed by atoms with Crippen LogP contribution in [-0.2, 0) is 17.9 Å². The molecule has 0 aliphatic rings. The minimum Gasteiger partial charge on any atom is -0.467 e. The second kappa shape index (κ2) is 8.30. The van der Waals surface area contributed by atoms with Crippen LogP contribution in [0.4, 0.5) is 0 Å². The minimum atomic E-state index is 0.198. The monoisotopic (exact) mass is 285 g/mol. The molecule has 0 N–H and O–H groups in total. The first-order valence-corrected chi connectivity index (χ1v) is 7.63. The highest BCUT2D eigenvalue weighted by molar-refractivity contribution is 5.76. The number of hydrogen-bond donors (Lipinski definition) is 0. The second-order valence-electron chi connectivity index (χ2n) is 5.27. The van der Waals surface area contributed by atoms with Crippen molar-refractivity contribution in [3.05, 3.63) is 60.1 Å². The molecule has 0 saturated heterocycles. The van der Waals surface area contributed by atoms with Crippen LogP contribution >= 0.6 is 0 Å². The molecule has 0 aliphatic carbocycles. The third-order valence-electron chi connectivity index (χ3n) is 3.49. The van der Waals surface area contributed by atoms with Crippen LogP contribution in [0.5, 0.6) is 0 Å². The molecule has 1 amide bonds. The molecule has 0 saturated carbocycles. The van der Waals surface area contributed by atoms with Gasteiger partial charge in [-0.25, -0.2) is 0 Å². The fourth-order valence-electron chi connectivity index (χ4n) is 2.31. The van der Waals surface area contributed by atoms with Crippen molar-refractivity contribution in [2.24, 2.45) is 0 Å². The Morgan fingerprint density at radius 3 is 2.52 bits per heavy atom. The van der Waals surface area contributed by atoms with Crippen molar-refractivity contribution in [2.75, 3.05) is 0 Å². The van der Waals surface area contributed by atoms with Crippen molar-refractivity contribution in [1.82, 2.24) is 4.90 Å². The molecule has 2 aromatic rings. The molecule has 0 spiro atoms. The third-order valence-corrected chi connectivity index (χ3v) is 3.49. The van der Waals surface area contributed by atoms with Gasteiger partial charge < -0.3 is 9.32 Å². The summed E-state index contributed by atoms with van der Waals surface area (Å²) in [7, 11) is 0. The molecule has 0 radical (unpaired) electrons. The average molecular weight is 285 g/mol. The summed E-state index contributed by atoms with van der Waals surface area (Å²) in [6.45, 7) is 3.31. The van der Waals surface area contributed by atoms with Gasteiger partial charge in [0.15, 0.2) is 0 Å². The molecule has 0 aliphatic heterocycles. The van der Waals surface area contributed by atoms with Gasteiger partial charge in [-0.15, -0.1) is 0 Å². The number of furan rings is 1. The first-order chi connectivity index (χ1) is 10.3. The van der Waals surface area contributed by atoms with E-state index >= 15 is 0 Å². The van der Waals surface area contributed by atoms with Gasteiger partial charge in [-0.3, -0.25) is 4.79 Å². The van der Waals surface area contributed by atoms with Gasteiger partial charge in [-0.05, 0) is 24.1 Å². The smallest absolute Gasteiger partial charge is 0.223 e. The van der Waals surface area contributed by atoms with E-state index in [1.807, 2.05) is 35.2 Å². The summed E-state index contributed by atoms with van der Waals surface area (Å²) in [6.07, 6.45) is 5.45. The molecule has 21 heavy (non-hydrogen) atoms. The highest BCUT2D eigenvalue weighted by Crippen LogP contribution is 2.13. The van der Waals surface area contributed by atoms with Crippen LogP contribution in [0.1, 0.15) is 43.9 Å². The molecule has 112 valence electrons. The lowest BCUT2D eigenvalue weighted by Gasteiger charge is -2.22. The third kappa shape index (κ3) is 5.10. The van der Waals surface area contributed by atoms with E-state index in [9.17, 15) is 4.79 Å². The maximum Gasteiger partial charge on any atom is 0.223 e. The molecule has 0 atom stereocenters. The second-order valence-corrected chi connectivity index (χ2v) is 5.27. The summed E-state index contributed by atoms with van der Waals surface area (Å²) < 4.78 is 5.38. The summed E-state index contributed by atoms with van der Waals surface area (Å²) in [5.74, 6) is 1.03. The lowest BCUT2D eigenvalue weighted by atomic mass is 10.1. The molecule has 3 heteroatoms. The van der Waals surface area contributed by atoms with E-state index in [1.165, 1.54) is 0 Å². The molecular weight excluding hydrogens is 262 g/mol. The van der Waals surface area contributed by atoms with E-state index in [0.29, 0.717) is 19.5 Å². The lowest BCUT2D eigenvalue weighted by molar-refractivity contribution is -0.132. The normalized spacial score (nSPS) is 10.5. The Bertz CT molecular complexity index is 519. The number of hydrogen-bond acceptors (Lipinski definition) is 2. The Morgan fingerprint density at radius 1 is 1.05 bits per heavy atom. The Balaban J connectivity index is 2.00. The van der Waals surface area contributed by atoms with Gasteiger partial charge in [-0.1, -0.05) is 50.1 Å². The lowest BCUT2D eigenvalue weighted by Crippen LogP contribution is -2.29. The van der Waals surface area contributed by atoms with Crippen LogP contribution in [0, 0.1) is 0 Å². The van der Waals surface area contributed by atoms with E-state index in [4.69, 9.17) is 4.42 Å². The van der Waals surface area contributed by atoms with Gasteiger partial charge in [0.1, 0.15) is 5.76 Å².